The highest BCUT2D eigenvalue weighted by molar-refractivity contribution is 7.62. The smallest absolute Gasteiger partial charge is 0.310 e. The molecule has 0 fully saturated rings. The summed E-state index contributed by atoms with van der Waals surface area (Å²) in [7, 11) is -4.09. The molecule has 0 saturated carbocycles. The highest BCUT2D eigenvalue weighted by Crippen LogP contribution is 2.44. The van der Waals surface area contributed by atoms with E-state index in [1.165, 1.54) is 18.2 Å². The van der Waals surface area contributed by atoms with Crippen LogP contribution in [0.15, 0.2) is 66.5 Å². The SMILES string of the molecule is CC(C)c1nc(-c2ccccc2)cc(-c2ccc(F)cc2)c1C=CP(=O)(O)CC(=O)CC(=O)O. The van der Waals surface area contributed by atoms with Crippen LogP contribution in [-0.2, 0) is 14.2 Å². The molecule has 1 atom stereocenters. The number of hydrogen-bond donors (Lipinski definition) is 2. The average Bonchev–Trinajstić information content (AvgIpc) is 2.77. The summed E-state index contributed by atoms with van der Waals surface area (Å²) in [4.78, 5) is 37.6. The lowest BCUT2D eigenvalue weighted by atomic mass is 9.92. The molecular formula is C26H25FNO5P. The molecule has 0 aliphatic rings. The summed E-state index contributed by atoms with van der Waals surface area (Å²) in [5.74, 6) is -1.59. The van der Waals surface area contributed by atoms with Crippen molar-refractivity contribution in [2.75, 3.05) is 6.16 Å². The Kier molecular flexibility index (Phi) is 7.92. The number of pyridine rings is 1. The number of carbonyl (C=O) groups is 2. The molecule has 1 heterocycles. The molecule has 0 bridgehead atoms. The lowest BCUT2D eigenvalue weighted by Gasteiger charge is -2.17. The summed E-state index contributed by atoms with van der Waals surface area (Å²) in [6, 6.07) is 17.3. The van der Waals surface area contributed by atoms with Crippen molar-refractivity contribution < 1.29 is 28.5 Å². The van der Waals surface area contributed by atoms with Crippen LogP contribution >= 0.6 is 7.37 Å². The summed E-state index contributed by atoms with van der Waals surface area (Å²) in [5.41, 5.74) is 4.19. The van der Waals surface area contributed by atoms with E-state index in [1.54, 1.807) is 12.1 Å². The molecule has 0 spiro atoms. The molecule has 0 amide bonds. The Hall–Kier alpha value is -3.41. The number of Topliss-reactive ketones (excluding diaryl/α,β-unsaturated/α-hetero) is 1. The average molecular weight is 481 g/mol. The van der Waals surface area contributed by atoms with Crippen LogP contribution < -0.4 is 0 Å². The van der Waals surface area contributed by atoms with Gasteiger partial charge in [-0.3, -0.25) is 19.1 Å². The van der Waals surface area contributed by atoms with E-state index in [0.717, 1.165) is 11.4 Å². The number of ketones is 1. The Morgan fingerprint density at radius 2 is 1.71 bits per heavy atom. The van der Waals surface area contributed by atoms with Gasteiger partial charge in [-0.2, -0.15) is 0 Å². The van der Waals surface area contributed by atoms with Crippen LogP contribution in [0.1, 0.15) is 37.4 Å². The second-order valence-electron chi connectivity index (χ2n) is 8.22. The molecule has 34 heavy (non-hydrogen) atoms. The predicted molar refractivity (Wildman–Crippen MR) is 130 cm³/mol. The number of rotatable bonds is 9. The fourth-order valence-corrected chi connectivity index (χ4v) is 4.64. The zero-order chi connectivity index (χ0) is 24.9. The third kappa shape index (κ3) is 6.56. The summed E-state index contributed by atoms with van der Waals surface area (Å²) in [5, 5.41) is 8.74. The molecule has 1 unspecified atom stereocenters. The summed E-state index contributed by atoms with van der Waals surface area (Å²) in [6.45, 7) is 3.88. The van der Waals surface area contributed by atoms with Crippen LogP contribution in [-0.4, -0.2) is 32.9 Å². The van der Waals surface area contributed by atoms with E-state index in [2.05, 4.69) is 0 Å². The maximum Gasteiger partial charge on any atom is 0.310 e. The minimum absolute atomic E-state index is 0.0609. The van der Waals surface area contributed by atoms with Crippen LogP contribution in [0.3, 0.4) is 0 Å². The maximum atomic E-state index is 13.6. The Labute approximate surface area is 197 Å². The van der Waals surface area contributed by atoms with Crippen molar-refractivity contribution in [2.45, 2.75) is 26.2 Å². The van der Waals surface area contributed by atoms with Crippen molar-refractivity contribution in [1.82, 2.24) is 4.98 Å². The standard InChI is InChI=1S/C26H25FNO5P/c1-17(2)26-22(12-13-34(32,33)16-21(29)14-25(30)31)23(18-8-10-20(27)11-9-18)15-24(28-26)19-6-4-3-5-7-19/h3-13,15,17H,14,16H2,1-2H3,(H,30,31)(H,32,33). The number of halogens is 1. The molecule has 2 aromatic carbocycles. The van der Waals surface area contributed by atoms with Crippen molar-refractivity contribution in [3.8, 4) is 22.4 Å². The number of carboxylic acids is 1. The van der Waals surface area contributed by atoms with E-state index < -0.39 is 31.7 Å². The van der Waals surface area contributed by atoms with Crippen molar-refractivity contribution >= 4 is 25.2 Å². The molecule has 0 saturated heterocycles. The number of aromatic nitrogens is 1. The highest BCUT2D eigenvalue weighted by Gasteiger charge is 2.22. The van der Waals surface area contributed by atoms with Gasteiger partial charge in [0.05, 0.1) is 17.5 Å². The minimum Gasteiger partial charge on any atom is -0.481 e. The van der Waals surface area contributed by atoms with Gasteiger partial charge in [-0.25, -0.2) is 4.39 Å². The van der Waals surface area contributed by atoms with E-state index >= 15 is 0 Å². The van der Waals surface area contributed by atoms with Gasteiger partial charge in [0.2, 0.25) is 7.37 Å². The van der Waals surface area contributed by atoms with E-state index in [-0.39, 0.29) is 11.7 Å². The maximum absolute atomic E-state index is 13.6. The molecule has 3 aromatic rings. The highest BCUT2D eigenvalue weighted by atomic mass is 31.2. The van der Waals surface area contributed by atoms with Crippen molar-refractivity contribution in [3.63, 3.8) is 0 Å². The molecule has 3 rings (SSSR count). The topological polar surface area (TPSA) is 105 Å². The predicted octanol–water partition coefficient (Wildman–Crippen LogP) is 5.96. The van der Waals surface area contributed by atoms with Crippen LogP contribution in [0.25, 0.3) is 28.5 Å². The Balaban J connectivity index is 2.15. The van der Waals surface area contributed by atoms with Crippen molar-refractivity contribution in [2.24, 2.45) is 0 Å². The molecule has 8 heteroatoms. The van der Waals surface area contributed by atoms with Crippen molar-refractivity contribution in [1.29, 1.82) is 0 Å². The lowest BCUT2D eigenvalue weighted by molar-refractivity contribution is -0.139. The second kappa shape index (κ2) is 10.7. The molecule has 6 nitrogen and oxygen atoms in total. The number of carbonyl (C=O) groups excluding carboxylic acids is 1. The molecule has 2 N–H and O–H groups in total. The van der Waals surface area contributed by atoms with Gasteiger partial charge >= 0.3 is 5.97 Å². The molecule has 0 aliphatic heterocycles. The summed E-state index contributed by atoms with van der Waals surface area (Å²) in [6.07, 6.45) is -0.136. The molecule has 176 valence electrons. The normalized spacial score (nSPS) is 13.2. The number of aliphatic carboxylic acids is 1. The second-order valence-corrected chi connectivity index (χ2v) is 10.3. The van der Waals surface area contributed by atoms with Gasteiger partial charge in [0.1, 0.15) is 12.2 Å². The first-order valence-corrected chi connectivity index (χ1v) is 12.6. The van der Waals surface area contributed by atoms with E-state index in [4.69, 9.17) is 10.1 Å². The van der Waals surface area contributed by atoms with Gasteiger partial charge < -0.3 is 10.00 Å². The van der Waals surface area contributed by atoms with Gasteiger partial charge in [0.15, 0.2) is 5.78 Å². The van der Waals surface area contributed by atoms with Crippen LogP contribution in [0, 0.1) is 5.82 Å². The first kappa shape index (κ1) is 25.2. The lowest BCUT2D eigenvalue weighted by Crippen LogP contribution is -2.10. The third-order valence-electron chi connectivity index (χ3n) is 5.09. The van der Waals surface area contributed by atoms with Gasteiger partial charge in [-0.15, -0.1) is 0 Å². The van der Waals surface area contributed by atoms with Crippen LogP contribution in [0.5, 0.6) is 0 Å². The zero-order valence-electron chi connectivity index (χ0n) is 18.8. The Morgan fingerprint density at radius 3 is 2.29 bits per heavy atom. The molecule has 0 aliphatic carbocycles. The quantitative estimate of drug-likeness (QED) is 0.289. The van der Waals surface area contributed by atoms with Crippen molar-refractivity contribution in [3.05, 3.63) is 83.6 Å². The summed E-state index contributed by atoms with van der Waals surface area (Å²) >= 11 is 0. The zero-order valence-corrected chi connectivity index (χ0v) is 19.7. The first-order valence-electron chi connectivity index (χ1n) is 10.7. The van der Waals surface area contributed by atoms with Crippen LogP contribution in [0.2, 0.25) is 0 Å². The fourth-order valence-electron chi connectivity index (χ4n) is 3.54. The fraction of sp³-hybridized carbons (Fsp3) is 0.192. The Bertz CT molecular complexity index is 1270. The molecule has 1 aromatic heterocycles. The van der Waals surface area contributed by atoms with E-state index in [1.807, 2.05) is 50.2 Å². The third-order valence-corrected chi connectivity index (χ3v) is 6.51. The molecule has 0 radical (unpaired) electrons. The van der Waals surface area contributed by atoms with Gasteiger partial charge in [0, 0.05) is 16.9 Å². The minimum atomic E-state index is -4.09. The monoisotopic (exact) mass is 481 g/mol. The summed E-state index contributed by atoms with van der Waals surface area (Å²) < 4.78 is 26.2. The van der Waals surface area contributed by atoms with E-state index in [0.29, 0.717) is 28.1 Å². The van der Waals surface area contributed by atoms with Gasteiger partial charge in [0.25, 0.3) is 0 Å². The number of carboxylic acid groups (broad SMARTS) is 1. The Morgan fingerprint density at radius 1 is 1.06 bits per heavy atom. The molecular weight excluding hydrogens is 456 g/mol. The number of hydrogen-bond acceptors (Lipinski definition) is 4. The van der Waals surface area contributed by atoms with Gasteiger partial charge in [-0.05, 0) is 41.3 Å². The van der Waals surface area contributed by atoms with E-state index in [9.17, 15) is 23.4 Å². The van der Waals surface area contributed by atoms with Gasteiger partial charge in [-0.1, -0.05) is 56.3 Å². The first-order chi connectivity index (χ1) is 16.1. The number of nitrogens with zero attached hydrogens (tertiary/aromatic N) is 1. The van der Waals surface area contributed by atoms with Crippen LogP contribution in [0.4, 0.5) is 4.39 Å². The largest absolute Gasteiger partial charge is 0.481 e. The number of benzene rings is 2.